The van der Waals surface area contributed by atoms with Crippen molar-refractivity contribution in [2.45, 2.75) is 0 Å². The van der Waals surface area contributed by atoms with Gasteiger partial charge in [-0.1, -0.05) is 29.3 Å². The summed E-state index contributed by atoms with van der Waals surface area (Å²) >= 11 is 12.0. The number of anilines is 2. The van der Waals surface area contributed by atoms with Crippen molar-refractivity contribution in [3.63, 3.8) is 0 Å². The number of benzene rings is 1. The van der Waals surface area contributed by atoms with Crippen LogP contribution in [-0.2, 0) is 0 Å². The Morgan fingerprint density at radius 3 is 2.54 bits per heavy atom. The van der Waals surface area contributed by atoms with Gasteiger partial charge in [-0.05, 0) is 31.3 Å². The molecule has 2 aromatic rings. The number of carbonyl (C=O) groups excluding carboxylic acids is 1. The molecule has 0 bridgehead atoms. The molecule has 126 valence electrons. The molecule has 0 saturated carbocycles. The highest BCUT2D eigenvalue weighted by molar-refractivity contribution is 6.44. The van der Waals surface area contributed by atoms with E-state index in [2.05, 4.69) is 27.1 Å². The van der Waals surface area contributed by atoms with E-state index in [4.69, 9.17) is 23.2 Å². The fourth-order valence-corrected chi connectivity index (χ4v) is 2.89. The highest BCUT2D eigenvalue weighted by Crippen LogP contribution is 2.29. The first-order valence-corrected chi connectivity index (χ1v) is 8.45. The molecule has 1 aliphatic heterocycles. The zero-order valence-corrected chi connectivity index (χ0v) is 14.8. The minimum absolute atomic E-state index is 0.267. The van der Waals surface area contributed by atoms with Gasteiger partial charge in [0.05, 0.1) is 21.3 Å². The molecule has 0 unspecified atom stereocenters. The van der Waals surface area contributed by atoms with E-state index in [0.29, 0.717) is 21.3 Å². The molecule has 1 aliphatic rings. The topological polar surface area (TPSA) is 48.5 Å². The molecule has 0 atom stereocenters. The van der Waals surface area contributed by atoms with Crippen LogP contribution >= 0.6 is 23.2 Å². The van der Waals surface area contributed by atoms with Gasteiger partial charge in [-0.15, -0.1) is 0 Å². The van der Waals surface area contributed by atoms with Gasteiger partial charge in [-0.25, -0.2) is 4.98 Å². The Kier molecular flexibility index (Phi) is 5.23. The van der Waals surface area contributed by atoms with Crippen LogP contribution < -0.4 is 10.2 Å². The predicted octanol–water partition coefficient (Wildman–Crippen LogP) is 3.39. The Morgan fingerprint density at radius 2 is 1.88 bits per heavy atom. The van der Waals surface area contributed by atoms with Crippen LogP contribution in [0.2, 0.25) is 10.0 Å². The lowest BCUT2D eigenvalue weighted by atomic mass is 10.2. The predicted molar refractivity (Wildman–Crippen MR) is 98.4 cm³/mol. The Balaban J connectivity index is 1.69. The lowest BCUT2D eigenvalue weighted by Crippen LogP contribution is -2.44. The summed E-state index contributed by atoms with van der Waals surface area (Å²) in [4.78, 5) is 21.3. The molecular weight excluding hydrogens is 347 g/mol. The fraction of sp³-hybridized carbons (Fsp3) is 0.294. The van der Waals surface area contributed by atoms with Crippen LogP contribution in [-0.4, -0.2) is 49.0 Å². The van der Waals surface area contributed by atoms with Crippen LogP contribution in [0.15, 0.2) is 36.5 Å². The van der Waals surface area contributed by atoms with Crippen molar-refractivity contribution in [1.29, 1.82) is 0 Å². The molecule has 1 aromatic heterocycles. The summed E-state index contributed by atoms with van der Waals surface area (Å²) in [5, 5.41) is 3.49. The molecule has 1 fully saturated rings. The van der Waals surface area contributed by atoms with Gasteiger partial charge in [0.25, 0.3) is 5.91 Å². The van der Waals surface area contributed by atoms with E-state index in [-0.39, 0.29) is 5.91 Å². The van der Waals surface area contributed by atoms with Gasteiger partial charge in [-0.2, -0.15) is 0 Å². The Bertz CT molecular complexity index is 728. The van der Waals surface area contributed by atoms with Crippen molar-refractivity contribution in [2.24, 2.45) is 0 Å². The summed E-state index contributed by atoms with van der Waals surface area (Å²) in [5.74, 6) is 0.622. The van der Waals surface area contributed by atoms with Crippen molar-refractivity contribution in [1.82, 2.24) is 9.88 Å². The van der Waals surface area contributed by atoms with Gasteiger partial charge in [0.1, 0.15) is 5.82 Å². The van der Waals surface area contributed by atoms with Gasteiger partial charge in [0.2, 0.25) is 0 Å². The highest BCUT2D eigenvalue weighted by atomic mass is 35.5. The van der Waals surface area contributed by atoms with Crippen LogP contribution in [0.1, 0.15) is 10.4 Å². The average molecular weight is 365 g/mol. The van der Waals surface area contributed by atoms with E-state index in [1.165, 1.54) is 0 Å². The van der Waals surface area contributed by atoms with E-state index >= 15 is 0 Å². The van der Waals surface area contributed by atoms with Crippen LogP contribution in [0.5, 0.6) is 0 Å². The SMILES string of the molecule is CN1CCN(c2ccc(C(=O)Nc3cccc(Cl)c3Cl)cn2)CC1. The number of likely N-dealkylation sites (N-methyl/N-ethyl adjacent to an activating group) is 1. The number of carbonyl (C=O) groups is 1. The molecule has 5 nitrogen and oxygen atoms in total. The van der Waals surface area contributed by atoms with Gasteiger partial charge in [0.15, 0.2) is 0 Å². The number of hydrogen-bond acceptors (Lipinski definition) is 4. The van der Waals surface area contributed by atoms with E-state index in [1.54, 1.807) is 30.5 Å². The average Bonchev–Trinajstić information content (AvgIpc) is 2.60. The van der Waals surface area contributed by atoms with Crippen molar-refractivity contribution in [3.05, 3.63) is 52.1 Å². The number of piperazine rings is 1. The number of aromatic nitrogens is 1. The monoisotopic (exact) mass is 364 g/mol. The zero-order valence-electron chi connectivity index (χ0n) is 13.3. The standard InChI is InChI=1S/C17H18Cl2N4O/c1-22-7-9-23(10-8-22)15-6-5-12(11-20-15)17(24)21-14-4-2-3-13(18)16(14)19/h2-6,11H,7-10H2,1H3,(H,21,24). The maximum absolute atomic E-state index is 12.3. The van der Waals surface area contributed by atoms with Crippen LogP contribution in [0.4, 0.5) is 11.5 Å². The third-order valence-electron chi connectivity index (χ3n) is 4.04. The highest BCUT2D eigenvalue weighted by Gasteiger charge is 2.16. The second-order valence-electron chi connectivity index (χ2n) is 5.75. The summed E-state index contributed by atoms with van der Waals surface area (Å²) in [5.41, 5.74) is 0.959. The molecule has 1 amide bonds. The molecule has 7 heteroatoms. The minimum Gasteiger partial charge on any atom is -0.354 e. The summed E-state index contributed by atoms with van der Waals surface area (Å²) in [6, 6.07) is 8.76. The number of amides is 1. The van der Waals surface area contributed by atoms with Crippen LogP contribution in [0, 0.1) is 0 Å². The van der Waals surface area contributed by atoms with E-state index in [9.17, 15) is 4.79 Å². The molecule has 0 radical (unpaired) electrons. The first-order valence-electron chi connectivity index (χ1n) is 7.69. The quantitative estimate of drug-likeness (QED) is 0.906. The molecule has 1 saturated heterocycles. The fourth-order valence-electron chi connectivity index (χ4n) is 2.54. The summed E-state index contributed by atoms with van der Waals surface area (Å²) < 4.78 is 0. The first-order chi connectivity index (χ1) is 11.5. The second kappa shape index (κ2) is 7.38. The molecular formula is C17H18Cl2N4O. The number of hydrogen-bond donors (Lipinski definition) is 1. The Morgan fingerprint density at radius 1 is 1.12 bits per heavy atom. The number of rotatable bonds is 3. The third kappa shape index (κ3) is 3.80. The third-order valence-corrected chi connectivity index (χ3v) is 4.86. The van der Waals surface area contributed by atoms with E-state index < -0.39 is 0 Å². The Labute approximate surface area is 151 Å². The van der Waals surface area contributed by atoms with Crippen LogP contribution in [0.3, 0.4) is 0 Å². The second-order valence-corrected chi connectivity index (χ2v) is 6.54. The van der Waals surface area contributed by atoms with Gasteiger partial charge < -0.3 is 15.1 Å². The summed E-state index contributed by atoms with van der Waals surface area (Å²) in [6.07, 6.45) is 1.58. The minimum atomic E-state index is -0.267. The molecule has 0 spiro atoms. The number of halogens is 2. The number of pyridine rings is 1. The number of nitrogens with zero attached hydrogens (tertiary/aromatic N) is 3. The van der Waals surface area contributed by atoms with Gasteiger partial charge in [-0.3, -0.25) is 4.79 Å². The largest absolute Gasteiger partial charge is 0.354 e. The van der Waals surface area contributed by atoms with Crippen molar-refractivity contribution < 1.29 is 4.79 Å². The maximum atomic E-state index is 12.3. The summed E-state index contributed by atoms with van der Waals surface area (Å²) in [6.45, 7) is 3.90. The smallest absolute Gasteiger partial charge is 0.257 e. The lowest BCUT2D eigenvalue weighted by molar-refractivity contribution is 0.102. The van der Waals surface area contributed by atoms with E-state index in [1.807, 2.05) is 6.07 Å². The van der Waals surface area contributed by atoms with Crippen molar-refractivity contribution in [2.75, 3.05) is 43.4 Å². The lowest BCUT2D eigenvalue weighted by Gasteiger charge is -2.33. The molecule has 0 aliphatic carbocycles. The van der Waals surface area contributed by atoms with Crippen molar-refractivity contribution in [3.8, 4) is 0 Å². The zero-order chi connectivity index (χ0) is 17.1. The number of nitrogens with one attached hydrogen (secondary N) is 1. The van der Waals surface area contributed by atoms with Gasteiger partial charge in [0, 0.05) is 32.4 Å². The van der Waals surface area contributed by atoms with E-state index in [0.717, 1.165) is 32.0 Å². The van der Waals surface area contributed by atoms with Gasteiger partial charge >= 0.3 is 0 Å². The first kappa shape index (κ1) is 17.0. The molecule has 3 rings (SSSR count). The Hall–Kier alpha value is -1.82. The van der Waals surface area contributed by atoms with Crippen molar-refractivity contribution >= 4 is 40.6 Å². The van der Waals surface area contributed by atoms with Crippen LogP contribution in [0.25, 0.3) is 0 Å². The normalized spacial score (nSPS) is 15.4. The molecule has 2 heterocycles. The maximum Gasteiger partial charge on any atom is 0.257 e. The molecule has 1 aromatic carbocycles. The summed E-state index contributed by atoms with van der Waals surface area (Å²) in [7, 11) is 2.11. The molecule has 24 heavy (non-hydrogen) atoms. The molecule has 1 N–H and O–H groups in total.